The van der Waals surface area contributed by atoms with Crippen LogP contribution in [0.4, 0.5) is 0 Å². The average molecular weight is 502 g/mol. The first kappa shape index (κ1) is 26.4. The van der Waals surface area contributed by atoms with Crippen molar-refractivity contribution in [2.24, 2.45) is 0 Å². The molecule has 0 fully saturated rings. The van der Waals surface area contributed by atoms with Gasteiger partial charge >= 0.3 is 11.9 Å². The molecule has 0 saturated carbocycles. The highest BCUT2D eigenvalue weighted by atomic mass is 32.2. The first-order valence-electron chi connectivity index (χ1n) is 11.5. The number of rotatable bonds is 9. The van der Waals surface area contributed by atoms with Crippen LogP contribution in [0.15, 0.2) is 53.4 Å². The van der Waals surface area contributed by atoms with E-state index in [0.29, 0.717) is 24.8 Å². The Labute approximate surface area is 209 Å². The smallest absolute Gasteiger partial charge is 0.328 e. The van der Waals surface area contributed by atoms with Gasteiger partial charge in [0.1, 0.15) is 23.9 Å². The van der Waals surface area contributed by atoms with Gasteiger partial charge in [-0.1, -0.05) is 18.2 Å². The van der Waals surface area contributed by atoms with Crippen LogP contribution < -0.4 is 19.5 Å². The SMILES string of the molecule is COc1cccc2c1CC(NCCCOc1cccc3c1SCCC3)CO2.O=C(O)/C=C/C(=O)O. The number of thioether (sulfide) groups is 1. The summed E-state index contributed by atoms with van der Waals surface area (Å²) in [5.74, 6) is 1.59. The molecule has 0 bridgehead atoms. The van der Waals surface area contributed by atoms with Crippen LogP contribution in [0.3, 0.4) is 0 Å². The van der Waals surface area contributed by atoms with Crippen molar-refractivity contribution in [2.75, 3.05) is 32.6 Å². The zero-order chi connectivity index (χ0) is 25.0. The molecule has 0 saturated heterocycles. The molecule has 8 nitrogen and oxygen atoms in total. The van der Waals surface area contributed by atoms with Crippen LogP contribution in [0.1, 0.15) is 24.0 Å². The number of carboxylic acids is 2. The third-order valence-electron chi connectivity index (χ3n) is 5.48. The van der Waals surface area contributed by atoms with Gasteiger partial charge in [0.2, 0.25) is 0 Å². The summed E-state index contributed by atoms with van der Waals surface area (Å²) in [6.45, 7) is 2.35. The summed E-state index contributed by atoms with van der Waals surface area (Å²) >= 11 is 1.93. The molecule has 9 heteroatoms. The molecule has 2 aliphatic heterocycles. The van der Waals surface area contributed by atoms with E-state index in [2.05, 4.69) is 23.5 Å². The van der Waals surface area contributed by atoms with Crippen LogP contribution in [0, 0.1) is 0 Å². The van der Waals surface area contributed by atoms with E-state index < -0.39 is 11.9 Å². The summed E-state index contributed by atoms with van der Waals surface area (Å²) in [7, 11) is 1.71. The second-order valence-corrected chi connectivity index (χ2v) is 9.12. The number of fused-ring (bicyclic) bond motifs is 2. The number of ether oxygens (including phenoxy) is 3. The summed E-state index contributed by atoms with van der Waals surface area (Å²) in [5.41, 5.74) is 2.60. The monoisotopic (exact) mass is 501 g/mol. The highest BCUT2D eigenvalue weighted by Gasteiger charge is 2.22. The van der Waals surface area contributed by atoms with Gasteiger partial charge < -0.3 is 29.7 Å². The molecule has 2 heterocycles. The van der Waals surface area contributed by atoms with Crippen LogP contribution in [-0.4, -0.2) is 60.8 Å². The molecule has 0 amide bonds. The Bertz CT molecular complexity index is 1010. The zero-order valence-electron chi connectivity index (χ0n) is 19.7. The fraction of sp³-hybridized carbons (Fsp3) is 0.385. The molecule has 2 aliphatic rings. The average Bonchev–Trinajstić information content (AvgIpc) is 2.87. The molecule has 0 aliphatic carbocycles. The predicted octanol–water partition coefficient (Wildman–Crippen LogP) is 3.81. The van der Waals surface area contributed by atoms with E-state index in [9.17, 15) is 9.59 Å². The van der Waals surface area contributed by atoms with E-state index in [-0.39, 0.29) is 0 Å². The highest BCUT2D eigenvalue weighted by molar-refractivity contribution is 7.99. The lowest BCUT2D eigenvalue weighted by Gasteiger charge is -2.27. The Balaban J connectivity index is 0.000000371. The van der Waals surface area contributed by atoms with Crippen molar-refractivity contribution in [3.63, 3.8) is 0 Å². The maximum absolute atomic E-state index is 9.55. The van der Waals surface area contributed by atoms with Gasteiger partial charge in [-0.15, -0.1) is 11.8 Å². The van der Waals surface area contributed by atoms with Crippen LogP contribution >= 0.6 is 11.8 Å². The standard InChI is InChI=1S/C22H27NO3S.C4H4O4/c1-24-19-8-3-9-20-18(19)14-17(15-26-20)23-11-5-12-25-21-10-2-6-16-7-4-13-27-22(16)21;5-3(6)1-2-4(7)8/h2-3,6,8-10,17,23H,4-5,7,11-15H2,1H3;1-2H,(H,5,6)(H,7,8)/b;2-1+. The van der Waals surface area contributed by atoms with Crippen molar-refractivity contribution in [3.8, 4) is 17.2 Å². The number of carbonyl (C=O) groups is 2. The van der Waals surface area contributed by atoms with Gasteiger partial charge in [0.15, 0.2) is 0 Å². The second kappa shape index (κ2) is 13.7. The molecule has 4 rings (SSSR count). The fourth-order valence-electron chi connectivity index (χ4n) is 3.88. The molecule has 2 aromatic rings. The molecule has 1 unspecified atom stereocenters. The summed E-state index contributed by atoms with van der Waals surface area (Å²) in [6.07, 6.45) is 5.47. The Kier molecular flexibility index (Phi) is 10.3. The molecule has 0 spiro atoms. The quantitative estimate of drug-likeness (QED) is 0.349. The zero-order valence-corrected chi connectivity index (χ0v) is 20.5. The van der Waals surface area contributed by atoms with Crippen molar-refractivity contribution in [2.45, 2.75) is 36.6 Å². The summed E-state index contributed by atoms with van der Waals surface area (Å²) in [4.78, 5) is 20.5. The van der Waals surface area contributed by atoms with Gasteiger partial charge in [0.05, 0.1) is 18.6 Å². The topological polar surface area (TPSA) is 114 Å². The van der Waals surface area contributed by atoms with E-state index in [1.165, 1.54) is 29.1 Å². The van der Waals surface area contributed by atoms with Crippen molar-refractivity contribution < 1.29 is 34.0 Å². The number of nitrogens with one attached hydrogen (secondary N) is 1. The molecule has 0 radical (unpaired) electrons. The minimum absolute atomic E-state index is 0.314. The van der Waals surface area contributed by atoms with E-state index in [1.807, 2.05) is 30.0 Å². The van der Waals surface area contributed by atoms with Gasteiger partial charge in [-0.05, 0) is 61.7 Å². The van der Waals surface area contributed by atoms with Crippen LogP contribution in [0.25, 0.3) is 0 Å². The Hall–Kier alpha value is -3.17. The third kappa shape index (κ3) is 8.22. The first-order chi connectivity index (χ1) is 17.0. The molecule has 3 N–H and O–H groups in total. The summed E-state index contributed by atoms with van der Waals surface area (Å²) in [6, 6.07) is 12.7. The van der Waals surface area contributed by atoms with Crippen LogP contribution in [0.2, 0.25) is 0 Å². The highest BCUT2D eigenvalue weighted by Crippen LogP contribution is 2.37. The minimum atomic E-state index is -1.26. The lowest BCUT2D eigenvalue weighted by molar-refractivity contribution is -0.134. The van der Waals surface area contributed by atoms with Crippen molar-refractivity contribution in [1.82, 2.24) is 5.32 Å². The number of benzene rings is 2. The number of hydrogen-bond donors (Lipinski definition) is 3. The Morgan fingerprint density at radius 1 is 1.14 bits per heavy atom. The number of aliphatic carboxylic acids is 2. The summed E-state index contributed by atoms with van der Waals surface area (Å²) < 4.78 is 17.4. The summed E-state index contributed by atoms with van der Waals surface area (Å²) in [5, 5.41) is 19.2. The van der Waals surface area contributed by atoms with Gasteiger partial charge in [0.25, 0.3) is 0 Å². The maximum atomic E-state index is 9.55. The minimum Gasteiger partial charge on any atom is -0.496 e. The van der Waals surface area contributed by atoms with Crippen LogP contribution in [-0.2, 0) is 22.4 Å². The maximum Gasteiger partial charge on any atom is 0.328 e. The largest absolute Gasteiger partial charge is 0.496 e. The third-order valence-corrected chi connectivity index (χ3v) is 6.72. The van der Waals surface area contributed by atoms with E-state index in [0.717, 1.165) is 48.8 Å². The fourth-order valence-corrected chi connectivity index (χ4v) is 4.99. The molecule has 0 aromatic heterocycles. The first-order valence-corrected chi connectivity index (χ1v) is 12.5. The molecule has 188 valence electrons. The lowest BCUT2D eigenvalue weighted by atomic mass is 10.0. The number of methoxy groups -OCH3 is 1. The van der Waals surface area contributed by atoms with E-state index in [4.69, 9.17) is 24.4 Å². The van der Waals surface area contributed by atoms with Gasteiger partial charge in [-0.3, -0.25) is 0 Å². The normalized spacial score (nSPS) is 16.2. The van der Waals surface area contributed by atoms with Crippen molar-refractivity contribution >= 4 is 23.7 Å². The molecule has 1 atom stereocenters. The van der Waals surface area contributed by atoms with E-state index in [1.54, 1.807) is 7.11 Å². The molecular formula is C26H31NO7S. The van der Waals surface area contributed by atoms with Crippen molar-refractivity contribution in [3.05, 3.63) is 59.7 Å². The van der Waals surface area contributed by atoms with Crippen molar-refractivity contribution in [1.29, 1.82) is 0 Å². The Morgan fingerprint density at radius 3 is 2.63 bits per heavy atom. The number of aryl methyl sites for hydroxylation is 1. The van der Waals surface area contributed by atoms with Gasteiger partial charge in [-0.25, -0.2) is 9.59 Å². The van der Waals surface area contributed by atoms with Gasteiger partial charge in [0, 0.05) is 23.8 Å². The second-order valence-electron chi connectivity index (χ2n) is 8.01. The number of carboxylic acid groups (broad SMARTS) is 2. The lowest BCUT2D eigenvalue weighted by Crippen LogP contribution is -2.40. The molecular weight excluding hydrogens is 470 g/mol. The van der Waals surface area contributed by atoms with E-state index >= 15 is 0 Å². The predicted molar refractivity (Wildman–Crippen MR) is 134 cm³/mol. The van der Waals surface area contributed by atoms with Gasteiger partial charge in [-0.2, -0.15) is 0 Å². The Morgan fingerprint density at radius 2 is 1.89 bits per heavy atom. The molecule has 2 aromatic carbocycles. The number of hydrogen-bond acceptors (Lipinski definition) is 7. The van der Waals surface area contributed by atoms with Crippen LogP contribution in [0.5, 0.6) is 17.2 Å². The molecule has 35 heavy (non-hydrogen) atoms.